The predicted octanol–water partition coefficient (Wildman–Crippen LogP) is 1.87. The highest BCUT2D eigenvalue weighted by atomic mass is 16.7. The summed E-state index contributed by atoms with van der Waals surface area (Å²) in [5.41, 5.74) is 0.292. The van der Waals surface area contributed by atoms with Crippen LogP contribution in [0.3, 0.4) is 0 Å². The lowest BCUT2D eigenvalue weighted by atomic mass is 10.2. The first-order valence-corrected chi connectivity index (χ1v) is 8.79. The predicted molar refractivity (Wildman–Crippen MR) is 96.8 cm³/mol. The van der Waals surface area contributed by atoms with E-state index in [-0.39, 0.29) is 25.4 Å². The number of fused-ring (bicyclic) bond motifs is 2. The average Bonchev–Trinajstić information content (AvgIpc) is 3.19. The third-order valence-electron chi connectivity index (χ3n) is 4.41. The van der Waals surface area contributed by atoms with E-state index in [9.17, 15) is 9.59 Å². The van der Waals surface area contributed by atoms with Crippen molar-refractivity contribution < 1.29 is 33.3 Å². The maximum atomic E-state index is 12.3. The maximum absolute atomic E-state index is 12.3. The molecule has 8 nitrogen and oxygen atoms in total. The molecule has 0 bridgehead atoms. The SMILES string of the molecule is CN(CC1COc2ccccc2O1)C(=O)COC(=O)c1ccc2c(c1)OCO2. The number of ether oxygens (including phenoxy) is 5. The van der Waals surface area contributed by atoms with E-state index in [2.05, 4.69) is 0 Å². The number of esters is 1. The Kier molecular flexibility index (Phi) is 4.92. The standard InChI is InChI=1S/C20H19NO7/c1-21(9-14-10-24-15-4-2-3-5-17(15)28-14)19(22)11-25-20(23)13-6-7-16-18(8-13)27-12-26-16/h2-8,14H,9-12H2,1H3. The van der Waals surface area contributed by atoms with Gasteiger partial charge in [-0.15, -0.1) is 0 Å². The Balaban J connectivity index is 1.27. The van der Waals surface area contributed by atoms with E-state index in [0.717, 1.165) is 0 Å². The number of para-hydroxylation sites is 2. The van der Waals surface area contributed by atoms with Crippen molar-refractivity contribution in [2.45, 2.75) is 6.10 Å². The van der Waals surface area contributed by atoms with Crippen LogP contribution in [0, 0.1) is 0 Å². The van der Waals surface area contributed by atoms with Crippen LogP contribution in [0.4, 0.5) is 0 Å². The van der Waals surface area contributed by atoms with Gasteiger partial charge in [0.15, 0.2) is 35.7 Å². The highest BCUT2D eigenvalue weighted by molar-refractivity contribution is 5.92. The van der Waals surface area contributed by atoms with Crippen molar-refractivity contribution in [3.05, 3.63) is 48.0 Å². The van der Waals surface area contributed by atoms with Gasteiger partial charge in [0.2, 0.25) is 6.79 Å². The minimum atomic E-state index is -0.605. The number of hydrogen-bond acceptors (Lipinski definition) is 7. The highest BCUT2D eigenvalue weighted by Crippen LogP contribution is 2.33. The number of benzene rings is 2. The van der Waals surface area contributed by atoms with Gasteiger partial charge in [-0.25, -0.2) is 4.79 Å². The summed E-state index contributed by atoms with van der Waals surface area (Å²) < 4.78 is 27.0. The molecule has 8 heteroatoms. The van der Waals surface area contributed by atoms with Crippen LogP contribution < -0.4 is 18.9 Å². The van der Waals surface area contributed by atoms with Crippen LogP contribution in [0.15, 0.2) is 42.5 Å². The Hall–Kier alpha value is -3.42. The monoisotopic (exact) mass is 385 g/mol. The van der Waals surface area contributed by atoms with Crippen molar-refractivity contribution in [1.82, 2.24) is 4.90 Å². The first kappa shape index (κ1) is 18.0. The lowest BCUT2D eigenvalue weighted by Crippen LogP contribution is -2.43. The lowest BCUT2D eigenvalue weighted by molar-refractivity contribution is -0.134. The largest absolute Gasteiger partial charge is 0.486 e. The summed E-state index contributed by atoms with van der Waals surface area (Å²) >= 11 is 0. The smallest absolute Gasteiger partial charge is 0.338 e. The van der Waals surface area contributed by atoms with Crippen molar-refractivity contribution in [3.8, 4) is 23.0 Å². The molecule has 2 aliphatic rings. The zero-order valence-electron chi connectivity index (χ0n) is 15.3. The van der Waals surface area contributed by atoms with Crippen LogP contribution >= 0.6 is 0 Å². The second-order valence-corrected chi connectivity index (χ2v) is 6.42. The van der Waals surface area contributed by atoms with Gasteiger partial charge < -0.3 is 28.6 Å². The molecule has 2 aromatic rings. The van der Waals surface area contributed by atoms with Crippen LogP contribution in [-0.2, 0) is 9.53 Å². The number of rotatable bonds is 5. The summed E-state index contributed by atoms with van der Waals surface area (Å²) in [6.45, 7) is 0.406. The number of hydrogen-bond donors (Lipinski definition) is 0. The molecule has 1 amide bonds. The fourth-order valence-electron chi connectivity index (χ4n) is 2.90. The molecule has 2 aliphatic heterocycles. The van der Waals surface area contributed by atoms with Crippen LogP contribution in [0.5, 0.6) is 23.0 Å². The molecule has 0 aliphatic carbocycles. The van der Waals surface area contributed by atoms with Gasteiger partial charge in [0, 0.05) is 7.05 Å². The van der Waals surface area contributed by atoms with E-state index in [0.29, 0.717) is 41.7 Å². The maximum Gasteiger partial charge on any atom is 0.338 e. The quantitative estimate of drug-likeness (QED) is 0.727. The Bertz CT molecular complexity index is 898. The molecule has 1 atom stereocenters. The van der Waals surface area contributed by atoms with E-state index in [4.69, 9.17) is 23.7 Å². The van der Waals surface area contributed by atoms with Gasteiger partial charge in [0.1, 0.15) is 6.61 Å². The Labute approximate surface area is 161 Å². The lowest BCUT2D eigenvalue weighted by Gasteiger charge is -2.29. The number of amides is 1. The number of carbonyl (C=O) groups is 2. The normalized spacial score (nSPS) is 16.4. The summed E-state index contributed by atoms with van der Waals surface area (Å²) in [5, 5.41) is 0. The minimum absolute atomic E-state index is 0.120. The molecular weight excluding hydrogens is 366 g/mol. The molecule has 0 aromatic heterocycles. The third kappa shape index (κ3) is 3.80. The second kappa shape index (κ2) is 7.67. The molecule has 146 valence electrons. The second-order valence-electron chi connectivity index (χ2n) is 6.42. The van der Waals surface area contributed by atoms with Crippen LogP contribution in [0.2, 0.25) is 0 Å². The van der Waals surface area contributed by atoms with E-state index in [1.54, 1.807) is 19.2 Å². The van der Waals surface area contributed by atoms with Gasteiger partial charge in [-0.1, -0.05) is 12.1 Å². The Morgan fingerprint density at radius 1 is 1.04 bits per heavy atom. The molecule has 2 heterocycles. The van der Waals surface area contributed by atoms with Gasteiger partial charge in [-0.3, -0.25) is 4.79 Å². The number of carbonyl (C=O) groups excluding carboxylic acids is 2. The number of nitrogens with zero attached hydrogens (tertiary/aromatic N) is 1. The molecule has 0 N–H and O–H groups in total. The van der Waals surface area contributed by atoms with Gasteiger partial charge in [-0.2, -0.15) is 0 Å². The molecule has 28 heavy (non-hydrogen) atoms. The summed E-state index contributed by atoms with van der Waals surface area (Å²) in [7, 11) is 1.63. The van der Waals surface area contributed by atoms with E-state index < -0.39 is 5.97 Å². The van der Waals surface area contributed by atoms with Crippen LogP contribution in [-0.4, -0.2) is 56.5 Å². The van der Waals surface area contributed by atoms with E-state index >= 15 is 0 Å². The zero-order chi connectivity index (χ0) is 19.5. The first-order valence-electron chi connectivity index (χ1n) is 8.79. The molecule has 2 aromatic carbocycles. The minimum Gasteiger partial charge on any atom is -0.486 e. The molecule has 0 spiro atoms. The summed E-state index contributed by atoms with van der Waals surface area (Å²) in [6.07, 6.45) is -0.298. The molecular formula is C20H19NO7. The van der Waals surface area contributed by atoms with Crippen molar-refractivity contribution in [1.29, 1.82) is 0 Å². The Morgan fingerprint density at radius 2 is 1.79 bits per heavy atom. The Morgan fingerprint density at radius 3 is 2.64 bits per heavy atom. The highest BCUT2D eigenvalue weighted by Gasteiger charge is 2.24. The third-order valence-corrected chi connectivity index (χ3v) is 4.41. The average molecular weight is 385 g/mol. The summed E-state index contributed by atoms with van der Waals surface area (Å²) in [5.74, 6) is 1.44. The molecule has 0 saturated carbocycles. The molecule has 1 unspecified atom stereocenters. The van der Waals surface area contributed by atoms with Crippen molar-refractivity contribution in [2.75, 3.05) is 33.6 Å². The van der Waals surface area contributed by atoms with Crippen molar-refractivity contribution >= 4 is 11.9 Å². The van der Waals surface area contributed by atoms with Gasteiger partial charge in [0.05, 0.1) is 12.1 Å². The van der Waals surface area contributed by atoms with E-state index in [1.807, 2.05) is 24.3 Å². The van der Waals surface area contributed by atoms with E-state index in [1.165, 1.54) is 11.0 Å². The molecule has 0 fully saturated rings. The van der Waals surface area contributed by atoms with Gasteiger partial charge in [0.25, 0.3) is 5.91 Å². The molecule has 0 saturated heterocycles. The summed E-state index contributed by atoms with van der Waals surface area (Å²) in [6, 6.07) is 12.1. The fraction of sp³-hybridized carbons (Fsp3) is 0.300. The summed E-state index contributed by atoms with van der Waals surface area (Å²) in [4.78, 5) is 25.9. The molecule has 0 radical (unpaired) electrons. The zero-order valence-corrected chi connectivity index (χ0v) is 15.3. The van der Waals surface area contributed by atoms with Crippen LogP contribution in [0.25, 0.3) is 0 Å². The fourth-order valence-corrected chi connectivity index (χ4v) is 2.90. The van der Waals surface area contributed by atoms with Gasteiger partial charge in [-0.05, 0) is 30.3 Å². The topological polar surface area (TPSA) is 83.5 Å². The van der Waals surface area contributed by atoms with Crippen molar-refractivity contribution in [2.24, 2.45) is 0 Å². The van der Waals surface area contributed by atoms with Gasteiger partial charge >= 0.3 is 5.97 Å². The number of likely N-dealkylation sites (N-methyl/N-ethyl adjacent to an activating group) is 1. The van der Waals surface area contributed by atoms with Crippen LogP contribution in [0.1, 0.15) is 10.4 Å². The molecule has 4 rings (SSSR count). The van der Waals surface area contributed by atoms with Crippen molar-refractivity contribution in [3.63, 3.8) is 0 Å². The first-order chi connectivity index (χ1) is 13.6.